The van der Waals surface area contributed by atoms with Crippen molar-refractivity contribution in [3.05, 3.63) is 41.5 Å². The zero-order valence-corrected chi connectivity index (χ0v) is 13.0. The summed E-state index contributed by atoms with van der Waals surface area (Å²) in [6, 6.07) is 5.91. The molecule has 0 heterocycles. The smallest absolute Gasteiger partial charge is 0.252 e. The Labute approximate surface area is 131 Å². The molecule has 0 aliphatic heterocycles. The summed E-state index contributed by atoms with van der Waals surface area (Å²) < 4.78 is 0. The summed E-state index contributed by atoms with van der Waals surface area (Å²) in [6.07, 6.45) is 10.1. The fourth-order valence-electron chi connectivity index (χ4n) is 5.76. The van der Waals surface area contributed by atoms with Gasteiger partial charge in [0.2, 0.25) is 0 Å². The van der Waals surface area contributed by atoms with Crippen LogP contribution in [0, 0.1) is 17.8 Å². The van der Waals surface area contributed by atoms with Crippen LogP contribution in [0.25, 0.3) is 6.08 Å². The number of carbonyl (C=O) groups is 1. The van der Waals surface area contributed by atoms with Crippen LogP contribution in [0.5, 0.6) is 0 Å². The van der Waals surface area contributed by atoms with Gasteiger partial charge in [-0.05, 0) is 96.6 Å². The highest BCUT2D eigenvalue weighted by Crippen LogP contribution is 2.61. The van der Waals surface area contributed by atoms with E-state index in [4.69, 9.17) is 11.6 Å². The van der Waals surface area contributed by atoms with Crippen LogP contribution in [-0.2, 0) is 5.41 Å². The molecular formula is C19H21ClO. The first-order chi connectivity index (χ1) is 10.1. The van der Waals surface area contributed by atoms with Crippen molar-refractivity contribution < 1.29 is 4.79 Å². The Morgan fingerprint density at radius 2 is 1.71 bits per heavy atom. The molecule has 4 saturated carbocycles. The second-order valence-corrected chi connectivity index (χ2v) is 7.82. The molecule has 0 amide bonds. The highest BCUT2D eigenvalue weighted by Gasteiger charge is 2.52. The number of carbonyl (C=O) groups excluding carboxylic acids is 1. The lowest BCUT2D eigenvalue weighted by Crippen LogP contribution is -2.48. The zero-order valence-electron chi connectivity index (χ0n) is 12.3. The summed E-state index contributed by atoms with van der Waals surface area (Å²) in [4.78, 5) is 11.6. The largest absolute Gasteiger partial charge is 0.276 e. The van der Waals surface area contributed by atoms with E-state index in [1.165, 1.54) is 49.7 Å². The lowest BCUT2D eigenvalue weighted by molar-refractivity contribution is -0.00528. The quantitative estimate of drug-likeness (QED) is 0.703. The van der Waals surface area contributed by atoms with E-state index in [1.807, 2.05) is 18.2 Å². The third-order valence-electron chi connectivity index (χ3n) is 6.11. The standard InChI is InChI=1S/C19H21ClO/c1-2-15-3-4-16(18(20)21)8-17(15)19-9-12-5-13(10-19)7-14(6-12)11-19/h2-4,8,12-14H,1,5-7,9-11H2. The molecule has 0 atom stereocenters. The van der Waals surface area contributed by atoms with Gasteiger partial charge in [0.15, 0.2) is 0 Å². The van der Waals surface area contributed by atoms with Gasteiger partial charge >= 0.3 is 0 Å². The number of hydrogen-bond donors (Lipinski definition) is 0. The SMILES string of the molecule is C=Cc1ccc(C(=O)Cl)cc1C12CC3CC(CC(C3)C1)C2. The average molecular weight is 301 g/mol. The van der Waals surface area contributed by atoms with E-state index in [9.17, 15) is 4.79 Å². The molecule has 1 aromatic carbocycles. The lowest BCUT2D eigenvalue weighted by Gasteiger charge is -2.57. The van der Waals surface area contributed by atoms with E-state index >= 15 is 0 Å². The van der Waals surface area contributed by atoms with Crippen molar-refractivity contribution in [3.63, 3.8) is 0 Å². The predicted octanol–water partition coefficient (Wildman–Crippen LogP) is 5.18. The maximum absolute atomic E-state index is 11.6. The summed E-state index contributed by atoms with van der Waals surface area (Å²) in [5.41, 5.74) is 3.44. The average Bonchev–Trinajstić information content (AvgIpc) is 2.45. The Kier molecular flexibility index (Phi) is 3.04. The molecule has 0 saturated heterocycles. The van der Waals surface area contributed by atoms with E-state index in [0.29, 0.717) is 5.56 Å². The number of rotatable bonds is 3. The van der Waals surface area contributed by atoms with Gasteiger partial charge in [-0.2, -0.15) is 0 Å². The molecule has 0 radical (unpaired) electrons. The fraction of sp³-hybridized carbons (Fsp3) is 0.526. The Morgan fingerprint density at radius 3 is 2.19 bits per heavy atom. The molecule has 21 heavy (non-hydrogen) atoms. The van der Waals surface area contributed by atoms with E-state index in [1.54, 1.807) is 0 Å². The monoisotopic (exact) mass is 300 g/mol. The first-order valence-electron chi connectivity index (χ1n) is 8.06. The molecule has 1 aromatic rings. The van der Waals surface area contributed by atoms with E-state index < -0.39 is 0 Å². The van der Waals surface area contributed by atoms with Gasteiger partial charge in [0, 0.05) is 5.56 Å². The van der Waals surface area contributed by atoms with Crippen LogP contribution in [0.2, 0.25) is 0 Å². The normalized spacial score (nSPS) is 36.7. The number of benzene rings is 1. The summed E-state index contributed by atoms with van der Waals surface area (Å²) in [5.74, 6) is 2.68. The van der Waals surface area contributed by atoms with E-state index in [2.05, 4.69) is 12.6 Å². The molecule has 0 spiro atoms. The minimum absolute atomic E-state index is 0.278. The molecule has 5 rings (SSSR count). The molecule has 0 N–H and O–H groups in total. The van der Waals surface area contributed by atoms with Gasteiger partial charge < -0.3 is 0 Å². The lowest BCUT2D eigenvalue weighted by atomic mass is 9.47. The van der Waals surface area contributed by atoms with Crippen LogP contribution in [0.1, 0.15) is 60.0 Å². The topological polar surface area (TPSA) is 17.1 Å². The summed E-state index contributed by atoms with van der Waals surface area (Å²) in [5, 5.41) is -0.350. The maximum atomic E-state index is 11.6. The first kappa shape index (κ1) is 13.6. The molecule has 4 bridgehead atoms. The number of halogens is 1. The minimum Gasteiger partial charge on any atom is -0.276 e. The predicted molar refractivity (Wildman–Crippen MR) is 86.6 cm³/mol. The molecule has 0 unspecified atom stereocenters. The van der Waals surface area contributed by atoms with Crippen molar-refractivity contribution in [3.8, 4) is 0 Å². The second kappa shape index (κ2) is 4.71. The molecule has 2 heteroatoms. The summed E-state index contributed by atoms with van der Waals surface area (Å²) in [7, 11) is 0. The maximum Gasteiger partial charge on any atom is 0.252 e. The zero-order chi connectivity index (χ0) is 14.6. The van der Waals surface area contributed by atoms with Gasteiger partial charge in [0.1, 0.15) is 0 Å². The molecule has 4 aliphatic carbocycles. The Morgan fingerprint density at radius 1 is 1.14 bits per heavy atom. The van der Waals surface area contributed by atoms with Gasteiger partial charge in [-0.15, -0.1) is 0 Å². The van der Waals surface area contributed by atoms with Gasteiger partial charge in [-0.3, -0.25) is 4.79 Å². The van der Waals surface area contributed by atoms with Gasteiger partial charge in [0.25, 0.3) is 5.24 Å². The van der Waals surface area contributed by atoms with Crippen LogP contribution >= 0.6 is 11.6 Å². The minimum atomic E-state index is -0.350. The highest BCUT2D eigenvalue weighted by molar-refractivity contribution is 6.67. The molecule has 4 aliphatic rings. The second-order valence-electron chi connectivity index (χ2n) is 7.48. The van der Waals surface area contributed by atoms with Crippen molar-refractivity contribution >= 4 is 22.9 Å². The van der Waals surface area contributed by atoms with Gasteiger partial charge in [-0.1, -0.05) is 18.7 Å². The van der Waals surface area contributed by atoms with Crippen LogP contribution in [0.4, 0.5) is 0 Å². The highest BCUT2D eigenvalue weighted by atomic mass is 35.5. The first-order valence-corrected chi connectivity index (χ1v) is 8.44. The van der Waals surface area contributed by atoms with E-state index in [-0.39, 0.29) is 10.7 Å². The molecule has 110 valence electrons. The van der Waals surface area contributed by atoms with Crippen LogP contribution in [-0.4, -0.2) is 5.24 Å². The molecular weight excluding hydrogens is 280 g/mol. The van der Waals surface area contributed by atoms with Crippen LogP contribution in [0.3, 0.4) is 0 Å². The summed E-state index contributed by atoms with van der Waals surface area (Å²) >= 11 is 5.71. The van der Waals surface area contributed by atoms with E-state index in [0.717, 1.165) is 17.8 Å². The molecule has 4 fully saturated rings. The molecule has 0 aromatic heterocycles. The van der Waals surface area contributed by atoms with Crippen LogP contribution < -0.4 is 0 Å². The van der Waals surface area contributed by atoms with Crippen molar-refractivity contribution in [1.82, 2.24) is 0 Å². The van der Waals surface area contributed by atoms with Crippen molar-refractivity contribution in [2.45, 2.75) is 43.9 Å². The Bertz CT molecular complexity index is 581. The number of hydrogen-bond acceptors (Lipinski definition) is 1. The third kappa shape index (κ3) is 2.09. The third-order valence-corrected chi connectivity index (χ3v) is 6.33. The Balaban J connectivity index is 1.83. The van der Waals surface area contributed by atoms with Crippen LogP contribution in [0.15, 0.2) is 24.8 Å². The fourth-order valence-corrected chi connectivity index (χ4v) is 5.87. The summed E-state index contributed by atoms with van der Waals surface area (Å²) in [6.45, 7) is 3.98. The van der Waals surface area contributed by atoms with Crippen molar-refractivity contribution in [1.29, 1.82) is 0 Å². The Hall–Kier alpha value is -1.08. The molecule has 1 nitrogen and oxygen atoms in total. The van der Waals surface area contributed by atoms with Crippen molar-refractivity contribution in [2.24, 2.45) is 17.8 Å². The van der Waals surface area contributed by atoms with Gasteiger partial charge in [0.05, 0.1) is 0 Å². The van der Waals surface area contributed by atoms with Gasteiger partial charge in [-0.25, -0.2) is 0 Å². The van der Waals surface area contributed by atoms with Crippen molar-refractivity contribution in [2.75, 3.05) is 0 Å².